The summed E-state index contributed by atoms with van der Waals surface area (Å²) in [4.78, 5) is 17.6. The summed E-state index contributed by atoms with van der Waals surface area (Å²) in [5.74, 6) is -0.856. The molecule has 1 aromatic heterocycles. The lowest BCUT2D eigenvalue weighted by atomic mass is 10.2. The van der Waals surface area contributed by atoms with Crippen molar-refractivity contribution in [1.29, 1.82) is 0 Å². The summed E-state index contributed by atoms with van der Waals surface area (Å²) in [5, 5.41) is 10.8. The van der Waals surface area contributed by atoms with E-state index in [1.807, 2.05) is 17.9 Å². The van der Waals surface area contributed by atoms with Crippen LogP contribution in [0.2, 0.25) is 0 Å². The summed E-state index contributed by atoms with van der Waals surface area (Å²) < 4.78 is 27.9. The zero-order valence-corrected chi connectivity index (χ0v) is 15.5. The van der Waals surface area contributed by atoms with E-state index in [4.69, 9.17) is 0 Å². The van der Waals surface area contributed by atoms with Gasteiger partial charge in [-0.15, -0.1) is 0 Å². The zero-order valence-electron chi connectivity index (χ0n) is 14.7. The van der Waals surface area contributed by atoms with Crippen LogP contribution in [0.15, 0.2) is 41.6 Å². The first kappa shape index (κ1) is 18.8. The van der Waals surface area contributed by atoms with Crippen molar-refractivity contribution in [2.75, 3.05) is 26.2 Å². The Morgan fingerprint density at radius 1 is 1.23 bits per heavy atom. The van der Waals surface area contributed by atoms with Gasteiger partial charge in [-0.25, -0.2) is 8.42 Å². The molecular weight excluding hydrogens is 354 g/mol. The fourth-order valence-corrected chi connectivity index (χ4v) is 5.20. The van der Waals surface area contributed by atoms with Gasteiger partial charge in [0.25, 0.3) is 0 Å². The van der Waals surface area contributed by atoms with E-state index < -0.39 is 22.0 Å². The summed E-state index contributed by atoms with van der Waals surface area (Å²) in [6.45, 7) is 3.50. The summed E-state index contributed by atoms with van der Waals surface area (Å²) in [6.07, 6.45) is 4.34. The van der Waals surface area contributed by atoms with Crippen molar-refractivity contribution in [1.82, 2.24) is 14.2 Å². The Morgan fingerprint density at radius 3 is 2.77 bits per heavy atom. The highest BCUT2D eigenvalue weighted by atomic mass is 32.2. The third kappa shape index (κ3) is 3.58. The van der Waals surface area contributed by atoms with Crippen LogP contribution in [0.3, 0.4) is 0 Å². The second kappa shape index (κ2) is 7.69. The molecular formula is C18H23N3O4S. The number of hydrogen-bond donors (Lipinski definition) is 1. The molecule has 1 aliphatic heterocycles. The van der Waals surface area contributed by atoms with Gasteiger partial charge >= 0.3 is 5.97 Å². The fourth-order valence-electron chi connectivity index (χ4n) is 3.51. The van der Waals surface area contributed by atoms with Gasteiger partial charge in [0.05, 0.1) is 4.90 Å². The van der Waals surface area contributed by atoms with Crippen LogP contribution in [0.4, 0.5) is 0 Å². The minimum Gasteiger partial charge on any atom is -0.480 e. The molecule has 1 N–H and O–H groups in total. The molecule has 0 saturated carbocycles. The smallest absolute Gasteiger partial charge is 0.320 e. The highest BCUT2D eigenvalue weighted by Gasteiger charge is 2.31. The van der Waals surface area contributed by atoms with Crippen molar-refractivity contribution in [3.05, 3.63) is 36.7 Å². The van der Waals surface area contributed by atoms with Crippen molar-refractivity contribution in [2.24, 2.45) is 0 Å². The van der Waals surface area contributed by atoms with E-state index in [2.05, 4.69) is 4.98 Å². The van der Waals surface area contributed by atoms with Crippen LogP contribution < -0.4 is 0 Å². The molecule has 26 heavy (non-hydrogen) atoms. The van der Waals surface area contributed by atoms with Gasteiger partial charge in [0, 0.05) is 49.3 Å². The maximum atomic E-state index is 13.2. The van der Waals surface area contributed by atoms with Crippen molar-refractivity contribution >= 4 is 26.8 Å². The van der Waals surface area contributed by atoms with Gasteiger partial charge in [0.1, 0.15) is 6.04 Å². The molecule has 7 nitrogen and oxygen atoms in total. The van der Waals surface area contributed by atoms with Gasteiger partial charge in [-0.2, -0.15) is 4.31 Å². The van der Waals surface area contributed by atoms with E-state index in [-0.39, 0.29) is 11.4 Å². The Bertz CT molecular complexity index is 895. The summed E-state index contributed by atoms with van der Waals surface area (Å²) in [6, 6.07) is 6.32. The summed E-state index contributed by atoms with van der Waals surface area (Å²) >= 11 is 0. The molecule has 1 atom stereocenters. The first-order valence-corrected chi connectivity index (χ1v) is 10.2. The number of pyridine rings is 1. The van der Waals surface area contributed by atoms with Gasteiger partial charge in [0.2, 0.25) is 10.0 Å². The Morgan fingerprint density at radius 2 is 2.04 bits per heavy atom. The number of rotatable bonds is 5. The first-order chi connectivity index (χ1) is 12.4. The number of carboxylic acids is 1. The third-order valence-electron chi connectivity index (χ3n) is 4.86. The number of aliphatic carboxylic acids is 1. The molecule has 1 fully saturated rings. The van der Waals surface area contributed by atoms with Crippen LogP contribution in [0.5, 0.6) is 0 Å². The zero-order chi connectivity index (χ0) is 18.7. The maximum Gasteiger partial charge on any atom is 0.320 e. The molecule has 2 heterocycles. The second-order valence-corrected chi connectivity index (χ2v) is 8.32. The lowest BCUT2D eigenvalue weighted by molar-refractivity contribution is -0.143. The highest BCUT2D eigenvalue weighted by molar-refractivity contribution is 7.89. The van der Waals surface area contributed by atoms with E-state index in [0.717, 1.165) is 5.39 Å². The molecule has 1 saturated heterocycles. The van der Waals surface area contributed by atoms with Crippen LogP contribution in [0, 0.1) is 0 Å². The highest BCUT2D eigenvalue weighted by Crippen LogP contribution is 2.26. The monoisotopic (exact) mass is 377 g/mol. The number of hydrogen-bond acceptors (Lipinski definition) is 5. The molecule has 0 spiro atoms. The van der Waals surface area contributed by atoms with Crippen molar-refractivity contribution in [3.8, 4) is 0 Å². The lowest BCUT2D eigenvalue weighted by Crippen LogP contribution is -2.43. The van der Waals surface area contributed by atoms with Crippen molar-refractivity contribution < 1.29 is 18.3 Å². The van der Waals surface area contributed by atoms with Crippen molar-refractivity contribution in [3.63, 3.8) is 0 Å². The van der Waals surface area contributed by atoms with Crippen LogP contribution in [0.1, 0.15) is 19.8 Å². The van der Waals surface area contributed by atoms with Crippen LogP contribution in [0.25, 0.3) is 10.8 Å². The minimum atomic E-state index is -3.66. The van der Waals surface area contributed by atoms with E-state index in [0.29, 0.717) is 37.9 Å². The standard InChI is InChI=1S/C18H23N3O4S/c1-2-16(18(22)23)20-9-4-10-21(12-11-20)26(24,25)17-6-3-5-14-13-19-8-7-15(14)17/h3,5-8,13,16H,2,4,9-12H2,1H3,(H,22,23). The third-order valence-corrected chi connectivity index (χ3v) is 6.82. The molecule has 1 aromatic carbocycles. The topological polar surface area (TPSA) is 90.8 Å². The predicted molar refractivity (Wildman–Crippen MR) is 98.4 cm³/mol. The molecule has 1 aliphatic rings. The van der Waals surface area contributed by atoms with E-state index >= 15 is 0 Å². The van der Waals surface area contributed by atoms with Gasteiger partial charge in [0.15, 0.2) is 0 Å². The molecule has 0 bridgehead atoms. The molecule has 1 unspecified atom stereocenters. The fraction of sp³-hybridized carbons (Fsp3) is 0.444. The van der Waals surface area contributed by atoms with Gasteiger partial charge in [-0.05, 0) is 25.0 Å². The number of aromatic nitrogens is 1. The normalized spacial score (nSPS) is 18.5. The molecule has 0 amide bonds. The maximum absolute atomic E-state index is 13.2. The van der Waals surface area contributed by atoms with E-state index in [1.165, 1.54) is 4.31 Å². The van der Waals surface area contributed by atoms with E-state index in [9.17, 15) is 18.3 Å². The number of sulfonamides is 1. The number of benzene rings is 1. The van der Waals surface area contributed by atoms with Crippen LogP contribution in [-0.4, -0.2) is 65.9 Å². The van der Waals surface area contributed by atoms with E-state index in [1.54, 1.807) is 30.6 Å². The average molecular weight is 377 g/mol. The number of fused-ring (bicyclic) bond motifs is 1. The Labute approximate surface area is 153 Å². The Balaban J connectivity index is 1.87. The predicted octanol–water partition coefficient (Wildman–Crippen LogP) is 1.79. The molecule has 0 aliphatic carbocycles. The summed E-state index contributed by atoms with van der Waals surface area (Å²) in [7, 11) is -3.66. The first-order valence-electron chi connectivity index (χ1n) is 8.75. The second-order valence-electron chi connectivity index (χ2n) is 6.41. The molecule has 0 radical (unpaired) electrons. The molecule has 140 valence electrons. The van der Waals surface area contributed by atoms with Gasteiger partial charge < -0.3 is 5.11 Å². The summed E-state index contributed by atoms with van der Waals surface area (Å²) in [5.41, 5.74) is 0. The SMILES string of the molecule is CCC(C(=O)O)N1CCCN(S(=O)(=O)c2cccc3cnccc23)CC1. The van der Waals surface area contributed by atoms with Crippen LogP contribution >= 0.6 is 0 Å². The number of carbonyl (C=O) groups is 1. The lowest BCUT2D eigenvalue weighted by Gasteiger charge is -2.26. The number of nitrogens with zero attached hydrogens (tertiary/aromatic N) is 3. The largest absolute Gasteiger partial charge is 0.480 e. The van der Waals surface area contributed by atoms with Gasteiger partial charge in [-0.1, -0.05) is 19.1 Å². The number of carboxylic acid groups (broad SMARTS) is 1. The molecule has 2 aromatic rings. The molecule has 8 heteroatoms. The Hall–Kier alpha value is -2.03. The molecule has 3 rings (SSSR count). The quantitative estimate of drug-likeness (QED) is 0.854. The van der Waals surface area contributed by atoms with Crippen LogP contribution in [-0.2, 0) is 14.8 Å². The minimum absolute atomic E-state index is 0.274. The Kier molecular flexibility index (Phi) is 5.55. The van der Waals surface area contributed by atoms with Gasteiger partial charge in [-0.3, -0.25) is 14.7 Å². The average Bonchev–Trinajstić information content (AvgIpc) is 2.88. The van der Waals surface area contributed by atoms with Crippen molar-refractivity contribution in [2.45, 2.75) is 30.7 Å².